The van der Waals surface area contributed by atoms with Crippen molar-refractivity contribution in [3.8, 4) is 11.5 Å². The van der Waals surface area contributed by atoms with E-state index in [1.165, 1.54) is 7.11 Å². The number of rotatable bonds is 7. The second-order valence-electron chi connectivity index (χ2n) is 4.08. The molecule has 0 heterocycles. The third-order valence-electron chi connectivity index (χ3n) is 2.55. The molecule has 108 valence electrons. The Balaban J connectivity index is 2.59. The van der Waals surface area contributed by atoms with Crippen LogP contribution >= 0.6 is 0 Å². The Labute approximate surface area is 110 Å². The van der Waals surface area contributed by atoms with E-state index in [0.29, 0.717) is 24.5 Å². The molecule has 3 nitrogen and oxygen atoms in total. The third-order valence-corrected chi connectivity index (χ3v) is 2.55. The predicted octanol–water partition coefficient (Wildman–Crippen LogP) is 2.92. The number of alkyl halides is 3. The fourth-order valence-corrected chi connectivity index (χ4v) is 1.61. The van der Waals surface area contributed by atoms with E-state index in [1.807, 2.05) is 6.07 Å². The van der Waals surface area contributed by atoms with Gasteiger partial charge in [-0.25, -0.2) is 0 Å². The minimum absolute atomic E-state index is 0.0181. The van der Waals surface area contributed by atoms with Crippen LogP contribution in [0, 0.1) is 0 Å². The van der Waals surface area contributed by atoms with Gasteiger partial charge < -0.3 is 15.2 Å². The van der Waals surface area contributed by atoms with Crippen LogP contribution in [0.4, 0.5) is 13.2 Å². The summed E-state index contributed by atoms with van der Waals surface area (Å²) in [6.45, 7) is 0.468. The monoisotopic (exact) mass is 277 g/mol. The van der Waals surface area contributed by atoms with E-state index in [0.717, 1.165) is 5.56 Å². The van der Waals surface area contributed by atoms with Gasteiger partial charge >= 0.3 is 6.18 Å². The molecular formula is C13H18F3NO2. The molecule has 1 aromatic carbocycles. The molecule has 1 rings (SSSR count). The van der Waals surface area contributed by atoms with Gasteiger partial charge in [0.25, 0.3) is 0 Å². The minimum Gasteiger partial charge on any atom is -0.497 e. The van der Waals surface area contributed by atoms with Crippen LogP contribution in [0.3, 0.4) is 0 Å². The standard InChI is InChI=1S/C13H18F3NO2/c1-18-11-4-3-10(5-7-17)12(9-11)19-8-2-6-13(14,15)16/h3-4,9H,2,5-8,17H2,1H3. The highest BCUT2D eigenvalue weighted by atomic mass is 19.4. The lowest BCUT2D eigenvalue weighted by molar-refractivity contribution is -0.136. The molecule has 0 bridgehead atoms. The van der Waals surface area contributed by atoms with Crippen molar-refractivity contribution in [3.63, 3.8) is 0 Å². The molecule has 0 fully saturated rings. The van der Waals surface area contributed by atoms with Crippen molar-refractivity contribution < 1.29 is 22.6 Å². The van der Waals surface area contributed by atoms with Gasteiger partial charge in [0, 0.05) is 12.5 Å². The van der Waals surface area contributed by atoms with E-state index in [-0.39, 0.29) is 13.0 Å². The zero-order valence-corrected chi connectivity index (χ0v) is 10.8. The Hall–Kier alpha value is -1.43. The van der Waals surface area contributed by atoms with E-state index in [1.54, 1.807) is 12.1 Å². The summed E-state index contributed by atoms with van der Waals surface area (Å²) in [5.74, 6) is 1.14. The Morgan fingerprint density at radius 2 is 2.00 bits per heavy atom. The Bertz CT molecular complexity index is 394. The lowest BCUT2D eigenvalue weighted by Crippen LogP contribution is -2.11. The molecule has 0 aliphatic heterocycles. The van der Waals surface area contributed by atoms with Crippen molar-refractivity contribution in [2.45, 2.75) is 25.4 Å². The third kappa shape index (κ3) is 5.83. The fourth-order valence-electron chi connectivity index (χ4n) is 1.61. The predicted molar refractivity (Wildman–Crippen MR) is 66.5 cm³/mol. The molecule has 0 saturated carbocycles. The van der Waals surface area contributed by atoms with Crippen molar-refractivity contribution in [2.24, 2.45) is 5.73 Å². The average molecular weight is 277 g/mol. The lowest BCUT2D eigenvalue weighted by Gasteiger charge is -2.13. The average Bonchev–Trinajstić information content (AvgIpc) is 2.35. The summed E-state index contributed by atoms with van der Waals surface area (Å²) in [6.07, 6.45) is -4.44. The molecule has 0 unspecified atom stereocenters. The summed E-state index contributed by atoms with van der Waals surface area (Å²) >= 11 is 0. The Morgan fingerprint density at radius 1 is 1.26 bits per heavy atom. The number of hydrogen-bond acceptors (Lipinski definition) is 3. The van der Waals surface area contributed by atoms with Gasteiger partial charge in [-0.3, -0.25) is 0 Å². The van der Waals surface area contributed by atoms with Crippen LogP contribution in [0.15, 0.2) is 18.2 Å². The fraction of sp³-hybridized carbons (Fsp3) is 0.538. The smallest absolute Gasteiger partial charge is 0.389 e. The molecule has 0 spiro atoms. The van der Waals surface area contributed by atoms with Crippen molar-refractivity contribution in [1.29, 1.82) is 0 Å². The molecule has 0 saturated heterocycles. The van der Waals surface area contributed by atoms with Gasteiger partial charge in [-0.2, -0.15) is 13.2 Å². The minimum atomic E-state index is -4.14. The van der Waals surface area contributed by atoms with E-state index < -0.39 is 12.6 Å². The first-order valence-corrected chi connectivity index (χ1v) is 6.03. The molecule has 0 aromatic heterocycles. The quantitative estimate of drug-likeness (QED) is 0.779. The summed E-state index contributed by atoms with van der Waals surface area (Å²) in [4.78, 5) is 0. The molecule has 0 radical (unpaired) electrons. The number of halogens is 3. The highest BCUT2D eigenvalue weighted by Crippen LogP contribution is 2.26. The molecule has 1 aromatic rings. The van der Waals surface area contributed by atoms with Gasteiger partial charge in [0.2, 0.25) is 0 Å². The topological polar surface area (TPSA) is 44.5 Å². The van der Waals surface area contributed by atoms with Crippen LogP contribution in [0.2, 0.25) is 0 Å². The molecule has 19 heavy (non-hydrogen) atoms. The van der Waals surface area contributed by atoms with E-state index in [4.69, 9.17) is 15.2 Å². The van der Waals surface area contributed by atoms with Crippen molar-refractivity contribution in [3.05, 3.63) is 23.8 Å². The summed E-state index contributed by atoms with van der Waals surface area (Å²) in [5, 5.41) is 0. The molecule has 0 atom stereocenters. The van der Waals surface area contributed by atoms with E-state index in [2.05, 4.69) is 0 Å². The molecule has 0 aliphatic rings. The first-order chi connectivity index (χ1) is 8.96. The first kappa shape index (κ1) is 15.6. The number of hydrogen-bond donors (Lipinski definition) is 1. The second-order valence-corrected chi connectivity index (χ2v) is 4.08. The summed E-state index contributed by atoms with van der Waals surface area (Å²) in [6, 6.07) is 5.25. The lowest BCUT2D eigenvalue weighted by atomic mass is 10.1. The van der Waals surface area contributed by atoms with Crippen molar-refractivity contribution in [2.75, 3.05) is 20.3 Å². The molecule has 0 amide bonds. The SMILES string of the molecule is COc1ccc(CCN)c(OCCCC(F)(F)F)c1. The number of benzene rings is 1. The summed E-state index contributed by atoms with van der Waals surface area (Å²) in [7, 11) is 1.52. The van der Waals surface area contributed by atoms with Crippen LogP contribution < -0.4 is 15.2 Å². The first-order valence-electron chi connectivity index (χ1n) is 6.03. The molecule has 2 N–H and O–H groups in total. The Morgan fingerprint density at radius 3 is 2.58 bits per heavy atom. The summed E-state index contributed by atoms with van der Waals surface area (Å²) in [5.41, 5.74) is 6.35. The van der Waals surface area contributed by atoms with Crippen LogP contribution in [-0.4, -0.2) is 26.4 Å². The zero-order valence-electron chi connectivity index (χ0n) is 10.8. The highest BCUT2D eigenvalue weighted by molar-refractivity contribution is 5.40. The van der Waals surface area contributed by atoms with Crippen molar-refractivity contribution in [1.82, 2.24) is 0 Å². The van der Waals surface area contributed by atoms with Crippen molar-refractivity contribution >= 4 is 0 Å². The van der Waals surface area contributed by atoms with Crippen LogP contribution in [0.25, 0.3) is 0 Å². The van der Waals surface area contributed by atoms with Gasteiger partial charge in [-0.15, -0.1) is 0 Å². The second kappa shape index (κ2) is 7.23. The van der Waals surface area contributed by atoms with Gasteiger partial charge in [0.05, 0.1) is 13.7 Å². The number of methoxy groups -OCH3 is 1. The van der Waals surface area contributed by atoms with Gasteiger partial charge in [0.1, 0.15) is 11.5 Å². The van der Waals surface area contributed by atoms with Gasteiger partial charge in [0.15, 0.2) is 0 Å². The molecular weight excluding hydrogens is 259 g/mol. The highest BCUT2D eigenvalue weighted by Gasteiger charge is 2.26. The van der Waals surface area contributed by atoms with Gasteiger partial charge in [-0.05, 0) is 31.0 Å². The Kier molecular flexibility index (Phi) is 5.95. The maximum atomic E-state index is 12.0. The molecule has 0 aliphatic carbocycles. The van der Waals surface area contributed by atoms with Gasteiger partial charge in [-0.1, -0.05) is 6.07 Å². The van der Waals surface area contributed by atoms with E-state index in [9.17, 15) is 13.2 Å². The van der Waals surface area contributed by atoms with Crippen LogP contribution in [0.1, 0.15) is 18.4 Å². The largest absolute Gasteiger partial charge is 0.497 e. The maximum Gasteiger partial charge on any atom is 0.389 e. The zero-order chi connectivity index (χ0) is 14.3. The summed E-state index contributed by atoms with van der Waals surface area (Å²) < 4.78 is 46.5. The van der Waals surface area contributed by atoms with Crippen LogP contribution in [-0.2, 0) is 6.42 Å². The number of nitrogens with two attached hydrogens (primary N) is 1. The van der Waals surface area contributed by atoms with E-state index >= 15 is 0 Å². The number of ether oxygens (including phenoxy) is 2. The normalized spacial score (nSPS) is 11.4. The maximum absolute atomic E-state index is 12.0. The molecule has 6 heteroatoms. The van der Waals surface area contributed by atoms with Crippen LogP contribution in [0.5, 0.6) is 11.5 Å².